The lowest BCUT2D eigenvalue weighted by molar-refractivity contribution is -0.131. The number of rotatable bonds is 6. The minimum atomic E-state index is -4.32. The lowest BCUT2D eigenvalue weighted by atomic mass is 10.2. The van der Waals surface area contributed by atoms with E-state index in [9.17, 15) is 22.8 Å². The summed E-state index contributed by atoms with van der Waals surface area (Å²) in [5, 5.41) is 2.65. The molecule has 1 aromatic rings. The number of amides is 2. The van der Waals surface area contributed by atoms with E-state index in [0.29, 0.717) is 5.56 Å². The van der Waals surface area contributed by atoms with Crippen LogP contribution in [0.25, 0.3) is 6.08 Å². The van der Waals surface area contributed by atoms with Crippen molar-refractivity contribution in [2.24, 2.45) is 0 Å². The molecule has 2 amide bonds. The molecule has 8 heteroatoms. The van der Waals surface area contributed by atoms with E-state index in [1.165, 1.54) is 36.4 Å². The van der Waals surface area contributed by atoms with Crippen LogP contribution in [0.15, 0.2) is 35.2 Å². The van der Waals surface area contributed by atoms with Gasteiger partial charge in [-0.2, -0.15) is 13.2 Å². The van der Waals surface area contributed by atoms with Crippen LogP contribution in [0.5, 0.6) is 0 Å². The summed E-state index contributed by atoms with van der Waals surface area (Å²) < 4.78 is 36.8. The zero-order chi connectivity index (χ0) is 19.7. The van der Waals surface area contributed by atoms with Crippen LogP contribution >= 0.6 is 11.8 Å². The monoisotopic (exact) mass is 400 g/mol. The highest BCUT2D eigenvalue weighted by Crippen LogP contribution is 2.36. The minimum Gasteiger partial charge on any atom is -0.352 e. The Morgan fingerprint density at radius 3 is 2.30 bits per heavy atom. The Balaban J connectivity index is 1.72. The summed E-state index contributed by atoms with van der Waals surface area (Å²) in [5.41, 5.74) is -3.69. The molecule has 0 radical (unpaired) electrons. The fourth-order valence-corrected chi connectivity index (χ4v) is 3.32. The van der Waals surface area contributed by atoms with Crippen LogP contribution < -0.4 is 5.32 Å². The molecule has 0 atom stereocenters. The van der Waals surface area contributed by atoms with Gasteiger partial charge in [-0.15, -0.1) is 0 Å². The number of thioether (sulfide) groups is 1. The molecular formula is C19H23F3N2O2S. The van der Waals surface area contributed by atoms with Gasteiger partial charge < -0.3 is 10.2 Å². The first-order valence-electron chi connectivity index (χ1n) is 8.93. The smallest absolute Gasteiger partial charge is 0.352 e. The molecule has 27 heavy (non-hydrogen) atoms. The summed E-state index contributed by atoms with van der Waals surface area (Å²) in [6, 6.07) is 5.74. The van der Waals surface area contributed by atoms with E-state index in [2.05, 4.69) is 5.32 Å². The number of likely N-dealkylation sites (tertiary alicyclic amines) is 1. The molecule has 4 nitrogen and oxygen atoms in total. The normalized spacial score (nSPS) is 15.6. The molecule has 1 aliphatic rings. The third kappa shape index (κ3) is 8.51. The van der Waals surface area contributed by atoms with Gasteiger partial charge in [0.2, 0.25) is 11.8 Å². The van der Waals surface area contributed by atoms with Crippen molar-refractivity contribution in [2.45, 2.75) is 42.5 Å². The van der Waals surface area contributed by atoms with E-state index in [0.717, 1.165) is 38.8 Å². The zero-order valence-corrected chi connectivity index (χ0v) is 15.7. The van der Waals surface area contributed by atoms with Crippen LogP contribution in [-0.2, 0) is 9.59 Å². The van der Waals surface area contributed by atoms with Gasteiger partial charge in [-0.05, 0) is 48.4 Å². The molecule has 1 N–H and O–H groups in total. The molecule has 0 spiro atoms. The molecule has 1 fully saturated rings. The fraction of sp³-hybridized carbons (Fsp3) is 0.474. The summed E-state index contributed by atoms with van der Waals surface area (Å²) in [6.45, 7) is 1.84. The first-order chi connectivity index (χ1) is 12.8. The second kappa shape index (κ2) is 10.4. The zero-order valence-electron chi connectivity index (χ0n) is 14.9. The van der Waals surface area contributed by atoms with E-state index in [1.807, 2.05) is 4.90 Å². The highest BCUT2D eigenvalue weighted by atomic mass is 32.2. The maximum absolute atomic E-state index is 12.3. The molecule has 0 bridgehead atoms. The number of carbonyl (C=O) groups is 2. The molecule has 0 aliphatic carbocycles. The lowest BCUT2D eigenvalue weighted by Gasteiger charge is -2.20. The SMILES string of the molecule is O=C(/C=C/c1ccc(SC(F)(F)F)cc1)NCCC(=O)N1CCCCCC1. The van der Waals surface area contributed by atoms with Gasteiger partial charge in [0, 0.05) is 37.0 Å². The van der Waals surface area contributed by atoms with Crippen LogP contribution in [0.1, 0.15) is 37.7 Å². The van der Waals surface area contributed by atoms with E-state index in [-0.39, 0.29) is 41.4 Å². The van der Waals surface area contributed by atoms with Gasteiger partial charge in [0.25, 0.3) is 0 Å². The van der Waals surface area contributed by atoms with Crippen molar-refractivity contribution in [2.75, 3.05) is 19.6 Å². The summed E-state index contributed by atoms with van der Waals surface area (Å²) in [6.07, 6.45) is 7.46. The highest BCUT2D eigenvalue weighted by molar-refractivity contribution is 8.00. The second-order valence-corrected chi connectivity index (χ2v) is 7.42. The Hall–Kier alpha value is -1.96. The van der Waals surface area contributed by atoms with Crippen molar-refractivity contribution in [3.8, 4) is 0 Å². The molecule has 1 aliphatic heterocycles. The second-order valence-electron chi connectivity index (χ2n) is 6.29. The first-order valence-corrected chi connectivity index (χ1v) is 9.75. The van der Waals surface area contributed by atoms with Gasteiger partial charge in [-0.3, -0.25) is 9.59 Å². The van der Waals surface area contributed by atoms with Crippen LogP contribution in [0.3, 0.4) is 0 Å². The Kier molecular flexibility index (Phi) is 8.22. The van der Waals surface area contributed by atoms with Crippen molar-refractivity contribution < 1.29 is 22.8 Å². The number of hydrogen-bond donors (Lipinski definition) is 1. The van der Waals surface area contributed by atoms with Gasteiger partial charge in [0.1, 0.15) is 0 Å². The largest absolute Gasteiger partial charge is 0.446 e. The third-order valence-electron chi connectivity index (χ3n) is 4.14. The van der Waals surface area contributed by atoms with Gasteiger partial charge in [0.15, 0.2) is 0 Å². The van der Waals surface area contributed by atoms with Gasteiger partial charge in [-0.1, -0.05) is 25.0 Å². The number of halogens is 3. The molecule has 1 aromatic carbocycles. The summed E-state index contributed by atoms with van der Waals surface area (Å²) >= 11 is -0.179. The molecule has 0 unspecified atom stereocenters. The van der Waals surface area contributed by atoms with Crippen molar-refractivity contribution in [1.29, 1.82) is 0 Å². The summed E-state index contributed by atoms with van der Waals surface area (Å²) in [5.74, 6) is -0.286. The predicted molar refractivity (Wildman–Crippen MR) is 100 cm³/mol. The average Bonchev–Trinajstić information content (AvgIpc) is 2.89. The molecular weight excluding hydrogens is 377 g/mol. The number of benzene rings is 1. The lowest BCUT2D eigenvalue weighted by Crippen LogP contribution is -2.34. The molecule has 1 heterocycles. The first kappa shape index (κ1) is 21.3. The van der Waals surface area contributed by atoms with E-state index >= 15 is 0 Å². The maximum Gasteiger partial charge on any atom is 0.446 e. The van der Waals surface area contributed by atoms with Crippen molar-refractivity contribution >= 4 is 29.7 Å². The summed E-state index contributed by atoms with van der Waals surface area (Å²) in [7, 11) is 0. The number of hydrogen-bond acceptors (Lipinski definition) is 3. The Labute approximate surface area is 161 Å². The van der Waals surface area contributed by atoms with Crippen LogP contribution in [-0.4, -0.2) is 41.9 Å². The van der Waals surface area contributed by atoms with Crippen molar-refractivity contribution in [3.63, 3.8) is 0 Å². The van der Waals surface area contributed by atoms with Crippen LogP contribution in [0, 0.1) is 0 Å². The Morgan fingerprint density at radius 1 is 1.07 bits per heavy atom. The number of nitrogens with one attached hydrogen (secondary N) is 1. The van der Waals surface area contributed by atoms with E-state index in [1.54, 1.807) is 0 Å². The predicted octanol–water partition coefficient (Wildman–Crippen LogP) is 4.22. The van der Waals surface area contributed by atoms with Gasteiger partial charge in [0.05, 0.1) is 0 Å². The Bertz CT molecular complexity index is 652. The minimum absolute atomic E-state index is 0.0546. The molecule has 148 valence electrons. The van der Waals surface area contributed by atoms with Crippen molar-refractivity contribution in [3.05, 3.63) is 35.9 Å². The van der Waals surface area contributed by atoms with Crippen LogP contribution in [0.4, 0.5) is 13.2 Å². The molecule has 0 saturated carbocycles. The molecule has 0 aromatic heterocycles. The average molecular weight is 400 g/mol. The standard InChI is InChI=1S/C19H23F3N2O2S/c20-19(21,22)27-16-8-5-15(6-9-16)7-10-17(25)23-12-11-18(26)24-13-3-1-2-4-14-24/h5-10H,1-4,11-14H2,(H,23,25)/b10-7+. The Morgan fingerprint density at radius 2 is 1.70 bits per heavy atom. The molecule has 2 rings (SSSR count). The number of nitrogens with zero attached hydrogens (tertiary/aromatic N) is 1. The highest BCUT2D eigenvalue weighted by Gasteiger charge is 2.28. The van der Waals surface area contributed by atoms with E-state index < -0.39 is 5.51 Å². The quantitative estimate of drug-likeness (QED) is 0.575. The topological polar surface area (TPSA) is 49.4 Å². The van der Waals surface area contributed by atoms with Crippen LogP contribution in [0.2, 0.25) is 0 Å². The number of alkyl halides is 3. The molecule has 1 saturated heterocycles. The van der Waals surface area contributed by atoms with Gasteiger partial charge >= 0.3 is 5.51 Å². The van der Waals surface area contributed by atoms with E-state index in [4.69, 9.17) is 0 Å². The van der Waals surface area contributed by atoms with Gasteiger partial charge in [-0.25, -0.2) is 0 Å². The fourth-order valence-electron chi connectivity index (χ4n) is 2.78. The maximum atomic E-state index is 12.3. The van der Waals surface area contributed by atoms with Crippen molar-refractivity contribution in [1.82, 2.24) is 10.2 Å². The summed E-state index contributed by atoms with van der Waals surface area (Å²) in [4.78, 5) is 25.9. The third-order valence-corrected chi connectivity index (χ3v) is 4.88. The number of carbonyl (C=O) groups excluding carboxylic acids is 2.